The smallest absolute Gasteiger partial charge is 0.319 e. The highest BCUT2D eigenvalue weighted by atomic mass is 35.5. The van der Waals surface area contributed by atoms with Gasteiger partial charge >= 0.3 is 6.01 Å². The molecule has 6 fully saturated rings. The molecular weight excluding hydrogens is 586 g/mol. The molecule has 1 spiro atoms. The second kappa shape index (κ2) is 8.75. The van der Waals surface area contributed by atoms with Crippen LogP contribution in [-0.2, 0) is 0 Å². The van der Waals surface area contributed by atoms with Crippen molar-refractivity contribution in [3.05, 3.63) is 53.4 Å². The molecule has 226 valence electrons. The van der Waals surface area contributed by atoms with Crippen LogP contribution >= 0.6 is 11.6 Å². The van der Waals surface area contributed by atoms with Gasteiger partial charge in [-0.3, -0.25) is 14.4 Å². The van der Waals surface area contributed by atoms with E-state index in [9.17, 15) is 9.50 Å². The van der Waals surface area contributed by atoms with Gasteiger partial charge in [-0.1, -0.05) is 41.9 Å². The van der Waals surface area contributed by atoms with E-state index in [-0.39, 0.29) is 41.5 Å². The van der Waals surface area contributed by atoms with E-state index < -0.39 is 12.0 Å². The Morgan fingerprint density at radius 1 is 1.11 bits per heavy atom. The highest BCUT2D eigenvalue weighted by Gasteiger charge is 2.93. The van der Waals surface area contributed by atoms with Crippen molar-refractivity contribution in [3.8, 4) is 17.3 Å². The van der Waals surface area contributed by atoms with E-state index in [0.717, 1.165) is 47.6 Å². The van der Waals surface area contributed by atoms with Gasteiger partial charge in [0.05, 0.1) is 30.4 Å². The Morgan fingerprint density at radius 3 is 2.84 bits per heavy atom. The molecule has 8 atom stereocenters. The van der Waals surface area contributed by atoms with Crippen molar-refractivity contribution in [1.82, 2.24) is 19.9 Å². The predicted molar refractivity (Wildman–Crippen MR) is 162 cm³/mol. The number of hydrogen-bond acceptors (Lipinski definition) is 7. The van der Waals surface area contributed by atoms with E-state index in [0.29, 0.717) is 59.4 Å². The summed E-state index contributed by atoms with van der Waals surface area (Å²) in [5.41, 5.74) is 0.502. The fraction of sp³-hybridized carbons (Fsp3) is 0.485. The predicted octanol–water partition coefficient (Wildman–Crippen LogP) is 4.50. The van der Waals surface area contributed by atoms with Crippen LogP contribution in [0.2, 0.25) is 5.02 Å². The number of rotatable bonds is 5. The SMILES string of the molecule is O[C@H]1C2CN(c3nc(OCC45CCCN4C[C@H](F)C5)nc4c(F)c(-c5cccc6cccc(Cl)c56)ncc34)C[C@H]3CC4C1[N@@+]423. The van der Waals surface area contributed by atoms with E-state index in [1.165, 1.54) is 0 Å². The summed E-state index contributed by atoms with van der Waals surface area (Å²) in [6, 6.07) is 12.9. The quantitative estimate of drug-likeness (QED) is 0.261. The first-order valence-electron chi connectivity index (χ1n) is 15.8. The Morgan fingerprint density at radius 2 is 1.98 bits per heavy atom. The number of aromatic nitrogens is 3. The molecule has 0 amide bonds. The van der Waals surface area contributed by atoms with Crippen LogP contribution in [0.4, 0.5) is 14.6 Å². The number of aliphatic hydroxyl groups excluding tert-OH is 1. The van der Waals surface area contributed by atoms with Crippen LogP contribution in [0.25, 0.3) is 32.9 Å². The van der Waals surface area contributed by atoms with Crippen LogP contribution in [0.5, 0.6) is 6.01 Å². The zero-order valence-corrected chi connectivity index (χ0v) is 24.8. The minimum Gasteiger partial charge on any atom is -0.461 e. The second-order valence-corrected chi connectivity index (χ2v) is 14.2. The maximum atomic E-state index is 16.7. The number of alkyl halides is 1. The van der Waals surface area contributed by atoms with E-state index in [2.05, 4.69) is 19.8 Å². The summed E-state index contributed by atoms with van der Waals surface area (Å²) in [5, 5.41) is 13.5. The standard InChI is InChI=1S/C33H32ClF2N6O2/c34-22-7-2-5-17-4-1-6-20(25(17)22)27-26(36)28-21(12-37-27)31(40-14-19-10-23-29-30(43)24(15-40)42(19,23)29)39-32(38-28)44-16-33-8-3-9-41(33)13-18(35)11-33/h1-2,4-7,12,18-19,23-24,29-30,43H,3,8-11,13-16H2/q+1/t18-,19-,23?,24?,29?,30+,33?,42+/m1/s1. The van der Waals surface area contributed by atoms with Gasteiger partial charge in [0.2, 0.25) is 0 Å². The third-order valence-electron chi connectivity index (χ3n) is 12.0. The van der Waals surface area contributed by atoms with Gasteiger partial charge in [0.25, 0.3) is 0 Å². The summed E-state index contributed by atoms with van der Waals surface area (Å²) in [7, 11) is 0. The molecule has 0 saturated carbocycles. The third kappa shape index (κ3) is 3.20. The minimum absolute atomic E-state index is 0.0859. The second-order valence-electron chi connectivity index (χ2n) is 13.8. The van der Waals surface area contributed by atoms with E-state index in [1.54, 1.807) is 12.3 Å². The average Bonchev–Trinajstić information content (AvgIpc) is 3.30. The van der Waals surface area contributed by atoms with E-state index >= 15 is 4.39 Å². The maximum Gasteiger partial charge on any atom is 0.319 e. The minimum atomic E-state index is -0.879. The number of aliphatic hydroxyl groups is 1. The maximum absolute atomic E-state index is 16.7. The molecular formula is C33H32ClF2N6O2+. The van der Waals surface area contributed by atoms with Gasteiger partial charge < -0.3 is 14.7 Å². The summed E-state index contributed by atoms with van der Waals surface area (Å²) in [5.74, 6) is 0.0148. The first-order chi connectivity index (χ1) is 21.4. The lowest BCUT2D eigenvalue weighted by molar-refractivity contribution is -0.949. The first-order valence-corrected chi connectivity index (χ1v) is 16.1. The van der Waals surface area contributed by atoms with Crippen LogP contribution < -0.4 is 9.64 Å². The van der Waals surface area contributed by atoms with Crippen molar-refractivity contribution >= 4 is 39.1 Å². The van der Waals surface area contributed by atoms with Crippen molar-refractivity contribution in [3.63, 3.8) is 0 Å². The molecule has 8 nitrogen and oxygen atoms in total. The van der Waals surface area contributed by atoms with Crippen LogP contribution in [0.15, 0.2) is 42.6 Å². The van der Waals surface area contributed by atoms with Gasteiger partial charge in [-0.05, 0) is 30.8 Å². The Kier molecular flexibility index (Phi) is 5.19. The van der Waals surface area contributed by atoms with Crippen LogP contribution in [0.1, 0.15) is 25.7 Å². The van der Waals surface area contributed by atoms with Crippen LogP contribution in [0.3, 0.4) is 0 Å². The fourth-order valence-corrected chi connectivity index (χ4v) is 10.4. The average molecular weight is 618 g/mol. The highest BCUT2D eigenvalue weighted by molar-refractivity contribution is 6.36. The van der Waals surface area contributed by atoms with Crippen molar-refractivity contribution in [1.29, 1.82) is 0 Å². The summed E-state index contributed by atoms with van der Waals surface area (Å²) < 4.78 is 38.6. The number of quaternary nitrogens is 1. The van der Waals surface area contributed by atoms with Gasteiger partial charge in [-0.15, -0.1) is 0 Å². The zero-order valence-electron chi connectivity index (χ0n) is 24.0. The molecule has 0 radical (unpaired) electrons. The van der Waals surface area contributed by atoms with Crippen molar-refractivity contribution in [2.45, 2.75) is 67.7 Å². The van der Waals surface area contributed by atoms with Gasteiger partial charge in [0.15, 0.2) is 24.0 Å². The van der Waals surface area contributed by atoms with Crippen LogP contribution in [-0.4, -0.2) is 104 Å². The number of halogens is 3. The summed E-state index contributed by atoms with van der Waals surface area (Å²) in [4.78, 5) is 18.5. The molecule has 0 bridgehead atoms. The molecule has 6 aliphatic heterocycles. The topological polar surface area (TPSA) is 74.6 Å². The molecule has 1 N–H and O–H groups in total. The number of piperazine rings is 1. The molecule has 2 aromatic heterocycles. The highest BCUT2D eigenvalue weighted by Crippen LogP contribution is 2.69. The lowest BCUT2D eigenvalue weighted by atomic mass is 9.91. The molecule has 0 aliphatic carbocycles. The van der Waals surface area contributed by atoms with Gasteiger partial charge in [-0.25, -0.2) is 8.78 Å². The molecule has 11 heteroatoms. The number of nitrogens with zero attached hydrogens (tertiary/aromatic N) is 6. The third-order valence-corrected chi connectivity index (χ3v) is 12.3. The summed E-state index contributed by atoms with van der Waals surface area (Å²) >= 11 is 6.61. The lowest BCUT2D eigenvalue weighted by Crippen LogP contribution is -2.76. The number of hydrogen-bond donors (Lipinski definition) is 1. The van der Waals surface area contributed by atoms with E-state index in [1.807, 2.05) is 30.3 Å². The largest absolute Gasteiger partial charge is 0.461 e. The van der Waals surface area contributed by atoms with Crippen molar-refractivity contribution in [2.24, 2.45) is 0 Å². The monoisotopic (exact) mass is 617 g/mol. The number of ether oxygens (including phenoxy) is 1. The Hall–Kier alpha value is -3.18. The number of fused-ring (bicyclic) bond motifs is 4. The normalized spacial score (nSPS) is 36.5. The van der Waals surface area contributed by atoms with Gasteiger partial charge in [0, 0.05) is 35.1 Å². The Bertz CT molecular complexity index is 1890. The van der Waals surface area contributed by atoms with Gasteiger partial charge in [0.1, 0.15) is 41.9 Å². The summed E-state index contributed by atoms with van der Waals surface area (Å²) in [6.45, 7) is 2.95. The van der Waals surface area contributed by atoms with E-state index in [4.69, 9.17) is 21.3 Å². The Labute approximate surface area is 257 Å². The van der Waals surface area contributed by atoms with Crippen molar-refractivity contribution < 1.29 is 23.1 Å². The molecule has 4 unspecified atom stereocenters. The number of pyridine rings is 1. The van der Waals surface area contributed by atoms with Crippen LogP contribution in [0, 0.1) is 5.82 Å². The molecule has 8 heterocycles. The number of benzene rings is 2. The number of anilines is 1. The first kappa shape index (κ1) is 26.1. The molecule has 4 aromatic rings. The molecule has 6 aliphatic rings. The van der Waals surface area contributed by atoms with Gasteiger partial charge in [-0.2, -0.15) is 9.97 Å². The molecule has 6 saturated heterocycles. The van der Waals surface area contributed by atoms with Crippen molar-refractivity contribution in [2.75, 3.05) is 37.7 Å². The lowest BCUT2D eigenvalue weighted by Gasteiger charge is -2.55. The summed E-state index contributed by atoms with van der Waals surface area (Å²) in [6.07, 6.45) is 3.85. The molecule has 44 heavy (non-hydrogen) atoms. The fourth-order valence-electron chi connectivity index (χ4n) is 10.1. The molecule has 10 rings (SSSR count). The Balaban J connectivity index is 1.09. The molecule has 2 aromatic carbocycles. The zero-order chi connectivity index (χ0) is 29.5.